The summed E-state index contributed by atoms with van der Waals surface area (Å²) in [6, 6.07) is 8.70. The van der Waals surface area contributed by atoms with Crippen LogP contribution in [0.3, 0.4) is 0 Å². The van der Waals surface area contributed by atoms with Crippen molar-refractivity contribution in [2.45, 2.75) is 56.0 Å². The van der Waals surface area contributed by atoms with E-state index in [1.807, 2.05) is 0 Å². The normalized spacial score (nSPS) is 42.7. The first kappa shape index (κ1) is 12.8. The third kappa shape index (κ3) is 1.47. The summed E-state index contributed by atoms with van der Waals surface area (Å²) in [5.74, 6) is 1.21. The smallest absolute Gasteiger partial charge is 0.0786 e. The predicted molar refractivity (Wildman–Crippen MR) is 80.5 cm³/mol. The van der Waals surface area contributed by atoms with Crippen LogP contribution in [0, 0.1) is 11.8 Å². The van der Waals surface area contributed by atoms with Crippen molar-refractivity contribution in [1.82, 2.24) is 0 Å². The van der Waals surface area contributed by atoms with Gasteiger partial charge in [-0.15, -0.1) is 0 Å². The fourth-order valence-corrected chi connectivity index (χ4v) is 5.65. The Hall–Kier alpha value is -0.860. The SMILES string of the molecule is NCC1(C2(O)CC3CCC2C3)CCCc2ccccc21. The van der Waals surface area contributed by atoms with Crippen LogP contribution in [-0.2, 0) is 11.8 Å². The van der Waals surface area contributed by atoms with E-state index in [1.54, 1.807) is 0 Å². The summed E-state index contributed by atoms with van der Waals surface area (Å²) in [6.07, 6.45) is 8.07. The molecule has 0 heterocycles. The summed E-state index contributed by atoms with van der Waals surface area (Å²) in [7, 11) is 0. The number of aryl methyl sites for hydroxylation is 1. The van der Waals surface area contributed by atoms with E-state index in [4.69, 9.17) is 5.73 Å². The summed E-state index contributed by atoms with van der Waals surface area (Å²) in [5.41, 5.74) is 8.31. The number of benzene rings is 1. The molecule has 20 heavy (non-hydrogen) atoms. The van der Waals surface area contributed by atoms with Gasteiger partial charge in [0.25, 0.3) is 0 Å². The van der Waals surface area contributed by atoms with Crippen LogP contribution in [0.2, 0.25) is 0 Å². The molecule has 2 saturated carbocycles. The van der Waals surface area contributed by atoms with Gasteiger partial charge < -0.3 is 10.8 Å². The molecule has 2 nitrogen and oxygen atoms in total. The van der Waals surface area contributed by atoms with Crippen LogP contribution in [0.1, 0.15) is 49.7 Å². The Labute approximate surface area is 121 Å². The summed E-state index contributed by atoms with van der Waals surface area (Å²) < 4.78 is 0. The molecule has 1 aromatic rings. The maximum Gasteiger partial charge on any atom is 0.0786 e. The molecule has 0 saturated heterocycles. The van der Waals surface area contributed by atoms with Gasteiger partial charge in [0.2, 0.25) is 0 Å². The van der Waals surface area contributed by atoms with Crippen LogP contribution in [0.15, 0.2) is 24.3 Å². The van der Waals surface area contributed by atoms with E-state index in [-0.39, 0.29) is 5.41 Å². The molecule has 3 N–H and O–H groups in total. The summed E-state index contributed by atoms with van der Waals surface area (Å²) >= 11 is 0. The largest absolute Gasteiger partial charge is 0.389 e. The number of fused-ring (bicyclic) bond motifs is 3. The Balaban J connectivity index is 1.85. The molecule has 0 spiro atoms. The lowest BCUT2D eigenvalue weighted by atomic mass is 9.56. The molecule has 0 aromatic heterocycles. The number of hydrogen-bond acceptors (Lipinski definition) is 2. The topological polar surface area (TPSA) is 46.2 Å². The van der Waals surface area contributed by atoms with E-state index < -0.39 is 5.60 Å². The molecule has 3 aliphatic carbocycles. The molecule has 0 radical (unpaired) electrons. The van der Waals surface area contributed by atoms with Crippen LogP contribution in [0.25, 0.3) is 0 Å². The molecule has 3 aliphatic rings. The van der Waals surface area contributed by atoms with Gasteiger partial charge in [-0.1, -0.05) is 24.3 Å². The molecule has 0 amide bonds. The molecule has 2 fully saturated rings. The fourth-order valence-electron chi connectivity index (χ4n) is 5.65. The Morgan fingerprint density at radius 2 is 2.10 bits per heavy atom. The minimum absolute atomic E-state index is 0.193. The second-order valence-electron chi connectivity index (χ2n) is 7.30. The van der Waals surface area contributed by atoms with Gasteiger partial charge >= 0.3 is 0 Å². The first-order chi connectivity index (χ1) is 9.69. The third-order valence-electron chi connectivity index (χ3n) is 6.58. The van der Waals surface area contributed by atoms with Crippen molar-refractivity contribution in [3.05, 3.63) is 35.4 Å². The van der Waals surface area contributed by atoms with E-state index in [9.17, 15) is 5.11 Å². The molecule has 0 aliphatic heterocycles. The van der Waals surface area contributed by atoms with E-state index in [0.717, 1.165) is 31.6 Å². The van der Waals surface area contributed by atoms with Crippen molar-refractivity contribution < 1.29 is 5.11 Å². The highest BCUT2D eigenvalue weighted by atomic mass is 16.3. The van der Waals surface area contributed by atoms with E-state index >= 15 is 0 Å². The van der Waals surface area contributed by atoms with Crippen LogP contribution in [0.4, 0.5) is 0 Å². The Morgan fingerprint density at radius 3 is 2.80 bits per heavy atom. The number of nitrogens with two attached hydrogens (primary N) is 1. The minimum atomic E-state index is -0.554. The molecule has 4 rings (SSSR count). The lowest BCUT2D eigenvalue weighted by Crippen LogP contribution is -2.60. The van der Waals surface area contributed by atoms with Crippen molar-refractivity contribution in [3.8, 4) is 0 Å². The van der Waals surface area contributed by atoms with Crippen LogP contribution in [0.5, 0.6) is 0 Å². The highest BCUT2D eigenvalue weighted by Crippen LogP contribution is 2.60. The van der Waals surface area contributed by atoms with Gasteiger partial charge in [-0.3, -0.25) is 0 Å². The first-order valence-electron chi connectivity index (χ1n) is 8.20. The van der Waals surface area contributed by atoms with Crippen molar-refractivity contribution in [2.24, 2.45) is 17.6 Å². The molecule has 108 valence electrons. The third-order valence-corrected chi connectivity index (χ3v) is 6.58. The maximum atomic E-state index is 11.6. The van der Waals surface area contributed by atoms with Gasteiger partial charge in [-0.05, 0) is 67.9 Å². The van der Waals surface area contributed by atoms with Gasteiger partial charge in [0, 0.05) is 12.0 Å². The Kier molecular flexibility index (Phi) is 2.77. The molecule has 2 heteroatoms. The fraction of sp³-hybridized carbons (Fsp3) is 0.667. The second kappa shape index (κ2) is 4.32. The maximum absolute atomic E-state index is 11.6. The zero-order chi connectivity index (χ0) is 13.8. The minimum Gasteiger partial charge on any atom is -0.389 e. The summed E-state index contributed by atoms with van der Waals surface area (Å²) in [4.78, 5) is 0. The highest BCUT2D eigenvalue weighted by molar-refractivity contribution is 5.41. The zero-order valence-corrected chi connectivity index (χ0v) is 12.1. The summed E-state index contributed by atoms with van der Waals surface area (Å²) in [6.45, 7) is 0.587. The molecular weight excluding hydrogens is 246 g/mol. The van der Waals surface area contributed by atoms with Gasteiger partial charge in [0.15, 0.2) is 0 Å². The summed E-state index contributed by atoms with van der Waals surface area (Å²) in [5, 5.41) is 11.6. The van der Waals surface area contributed by atoms with Gasteiger partial charge in [-0.2, -0.15) is 0 Å². The molecule has 2 bridgehead atoms. The van der Waals surface area contributed by atoms with Crippen molar-refractivity contribution in [3.63, 3.8) is 0 Å². The first-order valence-corrected chi connectivity index (χ1v) is 8.20. The Morgan fingerprint density at radius 1 is 1.25 bits per heavy atom. The quantitative estimate of drug-likeness (QED) is 0.869. The van der Waals surface area contributed by atoms with Crippen LogP contribution >= 0.6 is 0 Å². The van der Waals surface area contributed by atoms with Gasteiger partial charge in [0.1, 0.15) is 0 Å². The van der Waals surface area contributed by atoms with Gasteiger partial charge in [0.05, 0.1) is 5.60 Å². The standard InChI is InChI=1S/C18H25NO/c19-12-17(18(20)11-13-7-8-15(18)10-13)9-3-5-14-4-1-2-6-16(14)17/h1-2,4,6,13,15,20H,3,5,7-12,19H2. The number of aliphatic hydroxyl groups is 1. The predicted octanol–water partition coefficient (Wildman–Crippen LogP) is 2.77. The molecule has 4 atom stereocenters. The number of hydrogen-bond donors (Lipinski definition) is 2. The van der Waals surface area contributed by atoms with E-state index in [1.165, 1.54) is 30.4 Å². The number of rotatable bonds is 2. The lowest BCUT2D eigenvalue weighted by molar-refractivity contribution is -0.0873. The van der Waals surface area contributed by atoms with Crippen molar-refractivity contribution in [2.75, 3.05) is 6.54 Å². The highest BCUT2D eigenvalue weighted by Gasteiger charge is 2.61. The monoisotopic (exact) mass is 271 g/mol. The molecule has 4 unspecified atom stereocenters. The lowest BCUT2D eigenvalue weighted by Gasteiger charge is -2.52. The van der Waals surface area contributed by atoms with Crippen molar-refractivity contribution >= 4 is 0 Å². The van der Waals surface area contributed by atoms with Gasteiger partial charge in [-0.25, -0.2) is 0 Å². The van der Waals surface area contributed by atoms with E-state index in [0.29, 0.717) is 12.5 Å². The average molecular weight is 271 g/mol. The van der Waals surface area contributed by atoms with Crippen molar-refractivity contribution in [1.29, 1.82) is 0 Å². The average Bonchev–Trinajstić information content (AvgIpc) is 3.07. The zero-order valence-electron chi connectivity index (χ0n) is 12.1. The molecule has 1 aromatic carbocycles. The second-order valence-corrected chi connectivity index (χ2v) is 7.30. The van der Waals surface area contributed by atoms with Crippen LogP contribution < -0.4 is 5.73 Å². The van der Waals surface area contributed by atoms with E-state index in [2.05, 4.69) is 24.3 Å². The Bertz CT molecular complexity index is 528. The van der Waals surface area contributed by atoms with Crippen LogP contribution in [-0.4, -0.2) is 17.3 Å². The molecular formula is C18H25NO.